The van der Waals surface area contributed by atoms with E-state index in [2.05, 4.69) is 9.98 Å². The number of pyridine rings is 1. The molecule has 1 aromatic carbocycles. The molecule has 128 valence electrons. The smallest absolute Gasteiger partial charge is 0.250 e. The fraction of sp³-hybridized carbons (Fsp3) is 0.200. The predicted octanol–water partition coefficient (Wildman–Crippen LogP) is 5.54. The van der Waals surface area contributed by atoms with Crippen LogP contribution < -0.4 is 0 Å². The molecule has 0 amide bonds. The first-order chi connectivity index (χ1) is 11.9. The summed E-state index contributed by atoms with van der Waals surface area (Å²) >= 11 is 0. The maximum atomic E-state index is 13.6. The first kappa shape index (κ1) is 17.1. The van der Waals surface area contributed by atoms with Gasteiger partial charge in [0.15, 0.2) is 5.71 Å². The third kappa shape index (κ3) is 3.87. The average Bonchev–Trinajstić information content (AvgIpc) is 2.60. The zero-order valence-electron chi connectivity index (χ0n) is 13.7. The highest BCUT2D eigenvalue weighted by Gasteiger charge is 2.38. The van der Waals surface area contributed by atoms with Crippen molar-refractivity contribution in [3.63, 3.8) is 0 Å². The van der Waals surface area contributed by atoms with Crippen LogP contribution >= 0.6 is 0 Å². The number of nitrogens with zero attached hydrogens (tertiary/aromatic N) is 2. The van der Waals surface area contributed by atoms with Crippen LogP contribution in [-0.4, -0.2) is 16.9 Å². The first-order valence-corrected chi connectivity index (χ1v) is 7.92. The van der Waals surface area contributed by atoms with Gasteiger partial charge in [-0.2, -0.15) is 13.2 Å². The molecule has 0 aliphatic heterocycles. The highest BCUT2D eigenvalue weighted by molar-refractivity contribution is 6.04. The Labute approximate surface area is 144 Å². The molecule has 0 bridgehead atoms. The van der Waals surface area contributed by atoms with Crippen molar-refractivity contribution in [2.75, 3.05) is 0 Å². The number of aromatic nitrogens is 1. The van der Waals surface area contributed by atoms with Gasteiger partial charge < -0.3 is 0 Å². The van der Waals surface area contributed by atoms with E-state index < -0.39 is 17.3 Å². The lowest BCUT2D eigenvalue weighted by atomic mass is 9.80. The minimum atomic E-state index is -4.59. The number of benzene rings is 1. The van der Waals surface area contributed by atoms with Crippen LogP contribution in [0.2, 0.25) is 0 Å². The van der Waals surface area contributed by atoms with Gasteiger partial charge in [0.1, 0.15) is 0 Å². The van der Waals surface area contributed by atoms with Gasteiger partial charge in [0, 0.05) is 5.41 Å². The van der Waals surface area contributed by atoms with Crippen molar-refractivity contribution >= 4 is 11.4 Å². The summed E-state index contributed by atoms with van der Waals surface area (Å²) < 4.78 is 40.7. The number of halogens is 3. The number of alkyl halides is 3. The second kappa shape index (κ2) is 6.67. The van der Waals surface area contributed by atoms with E-state index in [0.29, 0.717) is 12.1 Å². The molecule has 0 saturated heterocycles. The molecule has 0 radical (unpaired) electrons. The highest BCUT2D eigenvalue weighted by atomic mass is 19.4. The van der Waals surface area contributed by atoms with Crippen molar-refractivity contribution in [2.24, 2.45) is 4.99 Å². The van der Waals surface area contributed by atoms with Gasteiger partial charge in [0.2, 0.25) is 0 Å². The molecule has 1 atom stereocenters. The van der Waals surface area contributed by atoms with Gasteiger partial charge >= 0.3 is 6.18 Å². The normalized spacial score (nSPS) is 20.7. The van der Waals surface area contributed by atoms with Crippen molar-refractivity contribution in [1.29, 1.82) is 0 Å². The van der Waals surface area contributed by atoms with E-state index in [0.717, 1.165) is 0 Å². The van der Waals surface area contributed by atoms with Gasteiger partial charge in [0.05, 0.1) is 17.1 Å². The van der Waals surface area contributed by atoms with E-state index in [1.54, 1.807) is 30.3 Å². The Morgan fingerprint density at radius 1 is 1.04 bits per heavy atom. The Hall–Kier alpha value is -2.69. The van der Waals surface area contributed by atoms with E-state index in [-0.39, 0.29) is 11.4 Å². The fourth-order valence-electron chi connectivity index (χ4n) is 2.70. The number of aliphatic imine (C=N–C) groups is 1. The Morgan fingerprint density at radius 2 is 1.80 bits per heavy atom. The maximum absolute atomic E-state index is 13.6. The Balaban J connectivity index is 2.06. The first-order valence-electron chi connectivity index (χ1n) is 7.92. The van der Waals surface area contributed by atoms with E-state index in [1.807, 2.05) is 31.2 Å². The molecule has 1 heterocycles. The van der Waals surface area contributed by atoms with Crippen LogP contribution in [0.4, 0.5) is 18.9 Å². The van der Waals surface area contributed by atoms with Crippen LogP contribution in [0.3, 0.4) is 0 Å². The molecule has 5 heteroatoms. The van der Waals surface area contributed by atoms with Crippen LogP contribution in [0, 0.1) is 0 Å². The number of hydrogen-bond donors (Lipinski definition) is 0. The van der Waals surface area contributed by atoms with E-state index in [9.17, 15) is 13.2 Å². The molecule has 0 spiro atoms. The summed E-state index contributed by atoms with van der Waals surface area (Å²) in [6.07, 6.45) is 3.85. The average molecular weight is 342 g/mol. The van der Waals surface area contributed by atoms with Crippen LogP contribution in [0.15, 0.2) is 77.8 Å². The van der Waals surface area contributed by atoms with Gasteiger partial charge in [0.25, 0.3) is 0 Å². The minimum absolute atomic E-state index is 0.168. The summed E-state index contributed by atoms with van der Waals surface area (Å²) in [6, 6.07) is 12.8. The monoisotopic (exact) mass is 342 g/mol. The molecule has 3 rings (SSSR count). The highest BCUT2D eigenvalue weighted by Crippen LogP contribution is 2.32. The second-order valence-corrected chi connectivity index (χ2v) is 6.11. The summed E-state index contributed by atoms with van der Waals surface area (Å²) in [5, 5.41) is 0. The van der Waals surface area contributed by atoms with Crippen molar-refractivity contribution < 1.29 is 13.2 Å². The summed E-state index contributed by atoms with van der Waals surface area (Å²) in [5.41, 5.74) is -0.740. The van der Waals surface area contributed by atoms with Crippen molar-refractivity contribution in [3.8, 4) is 0 Å². The molecule has 1 unspecified atom stereocenters. The molecule has 2 aromatic rings. The molecule has 2 nitrogen and oxygen atoms in total. The van der Waals surface area contributed by atoms with Crippen molar-refractivity contribution in [3.05, 3.63) is 84.2 Å². The number of allylic oxidation sites excluding steroid dienone is 4. The van der Waals surface area contributed by atoms with Crippen LogP contribution in [-0.2, 0) is 5.41 Å². The number of rotatable bonds is 3. The Bertz CT molecular complexity index is 836. The van der Waals surface area contributed by atoms with Gasteiger partial charge in [-0.05, 0) is 30.7 Å². The van der Waals surface area contributed by atoms with Crippen LogP contribution in [0.25, 0.3) is 0 Å². The molecule has 1 aliphatic rings. The standard InChI is InChI=1S/C20H17F3N2/c1-19(13-6-3-7-14-19)17-12-8-11-16(25-17)18(20(21,22)23)24-15-9-4-2-5-10-15/h2-13H,14H2,1H3. The third-order valence-electron chi connectivity index (χ3n) is 4.10. The minimum Gasteiger partial charge on any atom is -0.250 e. The molecular formula is C20H17F3N2. The molecule has 0 fully saturated rings. The predicted molar refractivity (Wildman–Crippen MR) is 93.2 cm³/mol. The second-order valence-electron chi connectivity index (χ2n) is 6.11. The lowest BCUT2D eigenvalue weighted by Gasteiger charge is -2.26. The maximum Gasteiger partial charge on any atom is 0.435 e. The van der Waals surface area contributed by atoms with E-state index >= 15 is 0 Å². The zero-order valence-corrected chi connectivity index (χ0v) is 13.7. The van der Waals surface area contributed by atoms with Crippen molar-refractivity contribution in [1.82, 2.24) is 4.98 Å². The summed E-state index contributed by atoms with van der Waals surface area (Å²) in [6.45, 7) is 1.96. The molecule has 0 saturated carbocycles. The Kier molecular flexibility index (Phi) is 4.57. The quantitative estimate of drug-likeness (QED) is 0.673. The lowest BCUT2D eigenvalue weighted by molar-refractivity contribution is -0.0581. The van der Waals surface area contributed by atoms with E-state index in [1.165, 1.54) is 18.2 Å². The van der Waals surface area contributed by atoms with E-state index in [4.69, 9.17) is 0 Å². The summed E-state index contributed by atoms with van der Waals surface area (Å²) in [4.78, 5) is 8.10. The van der Waals surface area contributed by atoms with Crippen molar-refractivity contribution in [2.45, 2.75) is 24.9 Å². The molecule has 25 heavy (non-hydrogen) atoms. The largest absolute Gasteiger partial charge is 0.435 e. The summed E-state index contributed by atoms with van der Waals surface area (Å²) in [5.74, 6) is 0. The van der Waals surface area contributed by atoms with Crippen LogP contribution in [0.1, 0.15) is 24.7 Å². The SMILES string of the molecule is CC1(c2cccc(C(=Nc3ccccc3)C(F)(F)F)n2)C=CC=CC1. The molecule has 1 aromatic heterocycles. The fourth-order valence-corrected chi connectivity index (χ4v) is 2.70. The number of hydrogen-bond acceptors (Lipinski definition) is 2. The number of para-hydroxylation sites is 1. The summed E-state index contributed by atoms with van der Waals surface area (Å²) in [7, 11) is 0. The molecule has 0 N–H and O–H groups in total. The zero-order chi connectivity index (χ0) is 17.9. The molecule has 1 aliphatic carbocycles. The van der Waals surface area contributed by atoms with Gasteiger partial charge in [-0.15, -0.1) is 0 Å². The molecular weight excluding hydrogens is 325 g/mol. The third-order valence-corrected chi connectivity index (χ3v) is 4.10. The topological polar surface area (TPSA) is 25.2 Å². The van der Waals surface area contributed by atoms with Gasteiger partial charge in [-0.25, -0.2) is 4.99 Å². The Morgan fingerprint density at radius 3 is 2.44 bits per heavy atom. The van der Waals surface area contributed by atoms with Gasteiger partial charge in [-0.3, -0.25) is 4.98 Å². The van der Waals surface area contributed by atoms with Gasteiger partial charge in [-0.1, -0.05) is 55.5 Å². The van der Waals surface area contributed by atoms with Crippen LogP contribution in [0.5, 0.6) is 0 Å². The lowest BCUT2D eigenvalue weighted by Crippen LogP contribution is -2.27.